The van der Waals surface area contributed by atoms with Crippen LogP contribution < -0.4 is 11.1 Å². The van der Waals surface area contributed by atoms with E-state index in [0.717, 1.165) is 24.2 Å². The number of hydrogen-bond acceptors (Lipinski definition) is 5. The fourth-order valence-electron chi connectivity index (χ4n) is 2.97. The molecule has 7 nitrogen and oxygen atoms in total. The van der Waals surface area contributed by atoms with E-state index in [9.17, 15) is 9.59 Å². The van der Waals surface area contributed by atoms with Crippen LogP contribution in [-0.4, -0.2) is 31.8 Å². The lowest BCUT2D eigenvalue weighted by molar-refractivity contribution is -0.121. The van der Waals surface area contributed by atoms with Crippen molar-refractivity contribution in [3.05, 3.63) is 39.6 Å². The average molecular weight is 456 g/mol. The summed E-state index contributed by atoms with van der Waals surface area (Å²) in [6.07, 6.45) is 2.76. The molecular weight excluding hydrogens is 433 g/mol. The Balaban J connectivity index is 1.65. The first-order chi connectivity index (χ1) is 13.8. The van der Waals surface area contributed by atoms with E-state index in [2.05, 4.69) is 15.5 Å². The van der Waals surface area contributed by atoms with Gasteiger partial charge in [-0.25, -0.2) is 0 Å². The van der Waals surface area contributed by atoms with Gasteiger partial charge < -0.3 is 15.6 Å². The highest BCUT2D eigenvalue weighted by atomic mass is 35.5. The minimum absolute atomic E-state index is 0.127. The number of aryl methyl sites for hydroxylation is 1. The molecule has 3 N–H and O–H groups in total. The van der Waals surface area contributed by atoms with Crippen LogP contribution in [0.5, 0.6) is 0 Å². The topological polar surface area (TPSA) is 103 Å². The lowest BCUT2D eigenvalue weighted by atomic mass is 10.1. The molecule has 2 atom stereocenters. The third kappa shape index (κ3) is 5.65. The van der Waals surface area contributed by atoms with E-state index in [-0.39, 0.29) is 29.5 Å². The van der Waals surface area contributed by atoms with E-state index in [0.29, 0.717) is 27.7 Å². The van der Waals surface area contributed by atoms with Gasteiger partial charge in [-0.15, -0.1) is 10.2 Å². The molecular formula is C19H23Cl2N5O2S. The van der Waals surface area contributed by atoms with Gasteiger partial charge >= 0.3 is 0 Å². The highest BCUT2D eigenvalue weighted by Crippen LogP contribution is 2.39. The molecule has 0 spiro atoms. The zero-order valence-corrected chi connectivity index (χ0v) is 18.5. The summed E-state index contributed by atoms with van der Waals surface area (Å²) < 4.78 is 2.04. The quantitative estimate of drug-likeness (QED) is 0.561. The smallest absolute Gasteiger partial charge is 0.233 e. The van der Waals surface area contributed by atoms with Gasteiger partial charge in [-0.2, -0.15) is 0 Å². The van der Waals surface area contributed by atoms with Crippen LogP contribution in [0.1, 0.15) is 56.6 Å². The molecule has 0 unspecified atom stereocenters. The molecule has 0 aliphatic heterocycles. The van der Waals surface area contributed by atoms with Crippen molar-refractivity contribution in [3.63, 3.8) is 0 Å². The first-order valence-electron chi connectivity index (χ1n) is 9.40. The van der Waals surface area contributed by atoms with Crippen molar-refractivity contribution in [2.75, 3.05) is 0 Å². The summed E-state index contributed by atoms with van der Waals surface area (Å²) in [6, 6.07) is 5.28. The Morgan fingerprint density at radius 3 is 2.66 bits per heavy atom. The number of halogens is 2. The Bertz CT molecular complexity index is 916. The molecule has 1 saturated carbocycles. The number of nitrogens with two attached hydrogens (primary N) is 1. The molecule has 1 aliphatic rings. The Labute approximate surface area is 183 Å². The van der Waals surface area contributed by atoms with Gasteiger partial charge in [-0.05, 0) is 44.4 Å². The van der Waals surface area contributed by atoms with Crippen molar-refractivity contribution >= 4 is 46.8 Å². The molecule has 2 aromatic rings. The van der Waals surface area contributed by atoms with Crippen LogP contribution in [0.25, 0.3) is 0 Å². The summed E-state index contributed by atoms with van der Waals surface area (Å²) in [5, 5.41) is 12.8. The molecule has 1 aromatic heterocycles. The molecule has 1 fully saturated rings. The van der Waals surface area contributed by atoms with Gasteiger partial charge in [0.1, 0.15) is 5.82 Å². The zero-order chi connectivity index (χ0) is 21.1. The Morgan fingerprint density at radius 2 is 2.03 bits per heavy atom. The van der Waals surface area contributed by atoms with Crippen molar-refractivity contribution in [2.24, 2.45) is 5.73 Å². The monoisotopic (exact) mass is 455 g/mol. The second kappa shape index (κ2) is 9.36. The number of carbonyl (C=O) groups is 2. The summed E-state index contributed by atoms with van der Waals surface area (Å²) in [5.41, 5.74) is 6.05. The van der Waals surface area contributed by atoms with Crippen LogP contribution in [0.15, 0.2) is 23.4 Å². The summed E-state index contributed by atoms with van der Waals surface area (Å²) in [4.78, 5) is 23.8. The van der Waals surface area contributed by atoms with Gasteiger partial charge in [0.15, 0.2) is 5.16 Å². The Hall–Kier alpha value is -1.77. The molecule has 0 saturated heterocycles. The Morgan fingerprint density at radius 1 is 1.31 bits per heavy atom. The maximum atomic E-state index is 12.7. The van der Waals surface area contributed by atoms with Crippen LogP contribution in [0.2, 0.25) is 10.0 Å². The second-order valence-electron chi connectivity index (χ2n) is 7.12. The number of nitrogens with one attached hydrogen (secondary N) is 1. The highest BCUT2D eigenvalue weighted by molar-refractivity contribution is 8.00. The summed E-state index contributed by atoms with van der Waals surface area (Å²) in [5.74, 6) is 0.243. The van der Waals surface area contributed by atoms with Gasteiger partial charge in [0, 0.05) is 28.9 Å². The minimum atomic E-state index is -0.380. The zero-order valence-electron chi connectivity index (χ0n) is 16.2. The molecule has 1 aromatic carbocycles. The van der Waals surface area contributed by atoms with Crippen LogP contribution in [0.3, 0.4) is 0 Å². The maximum Gasteiger partial charge on any atom is 0.233 e. The first kappa shape index (κ1) is 21.9. The van der Waals surface area contributed by atoms with E-state index in [1.54, 1.807) is 12.1 Å². The molecule has 10 heteroatoms. The number of carbonyl (C=O) groups excluding carboxylic acids is 2. The number of nitrogens with zero attached hydrogens (tertiary/aromatic N) is 3. The molecule has 3 rings (SSSR count). The standard InChI is InChI=1S/C19H23Cl2N5O2S/c1-10(14-6-3-12(20)9-15(14)21)23-18(28)11(2)29-19-25-24-17(8-7-16(22)27)26(19)13-4-5-13/h3,6,9-11,13H,4-5,7-8H2,1-2H3,(H2,22,27)(H,23,28)/t10-,11-/m0/s1. The van der Waals surface area contributed by atoms with Gasteiger partial charge in [0.25, 0.3) is 0 Å². The predicted octanol–water partition coefficient (Wildman–Crippen LogP) is 3.70. The number of hydrogen-bond donors (Lipinski definition) is 2. The molecule has 156 valence electrons. The lowest BCUT2D eigenvalue weighted by Gasteiger charge is -2.19. The molecule has 0 radical (unpaired) electrons. The third-order valence-electron chi connectivity index (χ3n) is 4.68. The van der Waals surface area contributed by atoms with Crippen LogP contribution in [0.4, 0.5) is 0 Å². The highest BCUT2D eigenvalue weighted by Gasteiger charge is 2.31. The number of rotatable bonds is 9. The molecule has 0 bridgehead atoms. The number of primary amides is 1. The number of thioether (sulfide) groups is 1. The van der Waals surface area contributed by atoms with E-state index in [1.165, 1.54) is 11.8 Å². The van der Waals surface area contributed by atoms with Gasteiger partial charge in [-0.1, -0.05) is 41.0 Å². The summed E-state index contributed by atoms with van der Waals surface area (Å²) >= 11 is 13.5. The normalized spacial score (nSPS) is 15.7. The van der Waals surface area contributed by atoms with Crippen molar-refractivity contribution in [1.82, 2.24) is 20.1 Å². The predicted molar refractivity (Wildman–Crippen MR) is 114 cm³/mol. The van der Waals surface area contributed by atoms with Crippen LogP contribution in [-0.2, 0) is 16.0 Å². The van der Waals surface area contributed by atoms with Crippen molar-refractivity contribution < 1.29 is 9.59 Å². The van der Waals surface area contributed by atoms with Gasteiger partial charge in [0.05, 0.1) is 11.3 Å². The summed E-state index contributed by atoms with van der Waals surface area (Å²) in [6.45, 7) is 3.70. The maximum absolute atomic E-state index is 12.7. The largest absolute Gasteiger partial charge is 0.370 e. The fourth-order valence-corrected chi connectivity index (χ4v) is 4.48. The van der Waals surface area contributed by atoms with E-state index >= 15 is 0 Å². The molecule has 2 amide bonds. The van der Waals surface area contributed by atoms with E-state index < -0.39 is 0 Å². The SMILES string of the molecule is C[C@H](Sc1nnc(CCC(N)=O)n1C1CC1)C(=O)N[C@@H](C)c1ccc(Cl)cc1Cl. The number of amides is 2. The van der Waals surface area contributed by atoms with Crippen LogP contribution in [0, 0.1) is 0 Å². The average Bonchev–Trinajstić information content (AvgIpc) is 3.40. The minimum Gasteiger partial charge on any atom is -0.370 e. The van der Waals surface area contributed by atoms with Crippen molar-refractivity contribution in [3.8, 4) is 0 Å². The first-order valence-corrected chi connectivity index (χ1v) is 11.0. The van der Waals surface area contributed by atoms with Crippen LogP contribution >= 0.6 is 35.0 Å². The fraction of sp³-hybridized carbons (Fsp3) is 0.474. The van der Waals surface area contributed by atoms with Gasteiger partial charge in [-0.3, -0.25) is 9.59 Å². The summed E-state index contributed by atoms with van der Waals surface area (Å²) in [7, 11) is 0. The van der Waals surface area contributed by atoms with Gasteiger partial charge in [0.2, 0.25) is 11.8 Å². The second-order valence-corrected chi connectivity index (χ2v) is 9.27. The molecule has 1 aliphatic carbocycles. The van der Waals surface area contributed by atoms with E-state index in [4.69, 9.17) is 28.9 Å². The Kier molecular flexibility index (Phi) is 7.08. The third-order valence-corrected chi connectivity index (χ3v) is 6.30. The number of benzene rings is 1. The van der Waals surface area contributed by atoms with E-state index in [1.807, 2.05) is 24.5 Å². The molecule has 29 heavy (non-hydrogen) atoms. The molecule has 1 heterocycles. The lowest BCUT2D eigenvalue weighted by Crippen LogP contribution is -2.33. The van der Waals surface area contributed by atoms with Crippen molar-refractivity contribution in [2.45, 2.75) is 62.0 Å². The van der Waals surface area contributed by atoms with Crippen molar-refractivity contribution in [1.29, 1.82) is 0 Å². The number of aromatic nitrogens is 3.